The number of nitrogens with one attached hydrogen (secondary N) is 1. The molecule has 1 aliphatic heterocycles. The van der Waals surface area contributed by atoms with E-state index in [1.807, 2.05) is 42.8 Å². The number of hydrogen-bond acceptors (Lipinski definition) is 5. The van der Waals surface area contributed by atoms with Gasteiger partial charge in [0.25, 0.3) is 0 Å². The lowest BCUT2D eigenvalue weighted by Gasteiger charge is -2.15. The third kappa shape index (κ3) is 3.37. The minimum absolute atomic E-state index is 0.272. The molecule has 0 unspecified atom stereocenters. The van der Waals surface area contributed by atoms with Crippen LogP contribution in [0.15, 0.2) is 24.3 Å². The molecule has 0 atom stereocenters. The van der Waals surface area contributed by atoms with Crippen molar-refractivity contribution in [2.45, 2.75) is 13.3 Å². The first-order valence-corrected chi connectivity index (χ1v) is 9.26. The highest BCUT2D eigenvalue weighted by Crippen LogP contribution is 2.21. The Morgan fingerprint density at radius 1 is 1.30 bits per heavy atom. The maximum absolute atomic E-state index is 11.8. The zero-order valence-corrected chi connectivity index (χ0v) is 14.2. The van der Waals surface area contributed by atoms with E-state index in [0.29, 0.717) is 19.6 Å². The zero-order valence-electron chi connectivity index (χ0n) is 13.4. The fourth-order valence-electron chi connectivity index (χ4n) is 2.69. The van der Waals surface area contributed by atoms with Crippen LogP contribution in [0.25, 0.3) is 11.4 Å². The molecule has 1 N–H and O–H groups in total. The van der Waals surface area contributed by atoms with Gasteiger partial charge in [0.2, 0.25) is 10.0 Å². The summed E-state index contributed by atoms with van der Waals surface area (Å²) in [6, 6.07) is 7.90. The van der Waals surface area contributed by atoms with E-state index in [2.05, 4.69) is 15.5 Å². The molecule has 8 heteroatoms. The molecule has 0 saturated carbocycles. The summed E-state index contributed by atoms with van der Waals surface area (Å²) in [6.07, 6.45) is 0.726. The number of benzene rings is 1. The van der Waals surface area contributed by atoms with E-state index in [1.54, 1.807) is 4.31 Å². The van der Waals surface area contributed by atoms with Gasteiger partial charge in [0, 0.05) is 37.9 Å². The van der Waals surface area contributed by atoms with Crippen molar-refractivity contribution in [3.63, 3.8) is 0 Å². The summed E-state index contributed by atoms with van der Waals surface area (Å²) in [4.78, 5) is 0. The summed E-state index contributed by atoms with van der Waals surface area (Å²) in [5.41, 5.74) is 1.92. The van der Waals surface area contributed by atoms with Gasteiger partial charge in [-0.05, 0) is 25.5 Å². The molecule has 1 fully saturated rings. The van der Waals surface area contributed by atoms with Crippen molar-refractivity contribution in [1.29, 1.82) is 0 Å². The van der Waals surface area contributed by atoms with Crippen molar-refractivity contribution in [3.8, 4) is 11.4 Å². The summed E-state index contributed by atoms with van der Waals surface area (Å²) >= 11 is 0. The minimum atomic E-state index is -3.02. The topological polar surface area (TPSA) is 80.1 Å². The van der Waals surface area contributed by atoms with Crippen LogP contribution >= 0.6 is 0 Å². The SMILES string of the molecule is Cc1nnc(-c2cccc(NCCN3CCCS3(=O)=O)c2)n1C. The smallest absolute Gasteiger partial charge is 0.214 e. The van der Waals surface area contributed by atoms with Crippen LogP contribution in [0.3, 0.4) is 0 Å². The monoisotopic (exact) mass is 335 g/mol. The van der Waals surface area contributed by atoms with Gasteiger partial charge in [-0.3, -0.25) is 0 Å². The normalized spacial score (nSPS) is 17.5. The Balaban J connectivity index is 1.65. The number of sulfonamides is 1. The Bertz CT molecular complexity index is 800. The van der Waals surface area contributed by atoms with E-state index in [-0.39, 0.29) is 5.75 Å². The molecule has 1 aromatic heterocycles. The van der Waals surface area contributed by atoms with E-state index in [9.17, 15) is 8.42 Å². The van der Waals surface area contributed by atoms with Crippen molar-refractivity contribution in [1.82, 2.24) is 19.1 Å². The molecule has 0 radical (unpaired) electrons. The van der Waals surface area contributed by atoms with Gasteiger partial charge in [0.1, 0.15) is 5.82 Å². The molecule has 7 nitrogen and oxygen atoms in total. The quantitative estimate of drug-likeness (QED) is 0.889. The van der Waals surface area contributed by atoms with Crippen LogP contribution < -0.4 is 5.32 Å². The van der Waals surface area contributed by atoms with Crippen LogP contribution in [0, 0.1) is 6.92 Å². The van der Waals surface area contributed by atoms with Crippen LogP contribution in [-0.4, -0.2) is 52.9 Å². The second-order valence-electron chi connectivity index (χ2n) is 5.71. The number of aryl methyl sites for hydroxylation is 1. The molecule has 2 heterocycles. The van der Waals surface area contributed by atoms with Gasteiger partial charge < -0.3 is 9.88 Å². The second kappa shape index (κ2) is 6.29. The van der Waals surface area contributed by atoms with Gasteiger partial charge >= 0.3 is 0 Å². The van der Waals surface area contributed by atoms with E-state index >= 15 is 0 Å². The van der Waals surface area contributed by atoms with Gasteiger partial charge in [0.05, 0.1) is 5.75 Å². The molecule has 3 rings (SSSR count). The molecule has 0 aliphatic carbocycles. The highest BCUT2D eigenvalue weighted by atomic mass is 32.2. The minimum Gasteiger partial charge on any atom is -0.384 e. The summed E-state index contributed by atoms with van der Waals surface area (Å²) in [5, 5.41) is 11.5. The lowest BCUT2D eigenvalue weighted by Crippen LogP contribution is -2.30. The van der Waals surface area contributed by atoms with Crippen molar-refractivity contribution < 1.29 is 8.42 Å². The van der Waals surface area contributed by atoms with Crippen LogP contribution in [0.1, 0.15) is 12.2 Å². The van der Waals surface area contributed by atoms with E-state index in [4.69, 9.17) is 0 Å². The Morgan fingerprint density at radius 3 is 2.78 bits per heavy atom. The van der Waals surface area contributed by atoms with Gasteiger partial charge in [-0.25, -0.2) is 12.7 Å². The Morgan fingerprint density at radius 2 is 2.13 bits per heavy atom. The van der Waals surface area contributed by atoms with Crippen LogP contribution in [0.2, 0.25) is 0 Å². The van der Waals surface area contributed by atoms with E-state index in [1.165, 1.54) is 0 Å². The highest BCUT2D eigenvalue weighted by molar-refractivity contribution is 7.89. The highest BCUT2D eigenvalue weighted by Gasteiger charge is 2.27. The van der Waals surface area contributed by atoms with Crippen LogP contribution in [0.4, 0.5) is 5.69 Å². The maximum Gasteiger partial charge on any atom is 0.214 e. The largest absolute Gasteiger partial charge is 0.384 e. The lowest BCUT2D eigenvalue weighted by atomic mass is 10.2. The maximum atomic E-state index is 11.8. The number of hydrogen-bond donors (Lipinski definition) is 1. The molecular weight excluding hydrogens is 314 g/mol. The molecule has 1 saturated heterocycles. The average molecular weight is 335 g/mol. The first kappa shape index (κ1) is 15.9. The molecule has 0 bridgehead atoms. The molecule has 1 aromatic carbocycles. The van der Waals surface area contributed by atoms with Crippen molar-refractivity contribution >= 4 is 15.7 Å². The first-order valence-electron chi connectivity index (χ1n) is 7.65. The summed E-state index contributed by atoms with van der Waals surface area (Å²) in [6.45, 7) is 3.62. The second-order valence-corrected chi connectivity index (χ2v) is 7.79. The van der Waals surface area contributed by atoms with Crippen molar-refractivity contribution in [2.75, 3.05) is 30.7 Å². The Hall–Kier alpha value is -1.93. The van der Waals surface area contributed by atoms with Crippen molar-refractivity contribution in [3.05, 3.63) is 30.1 Å². The molecular formula is C15H21N5O2S. The standard InChI is InChI=1S/C15H21N5O2S/c1-12-17-18-15(19(12)2)13-5-3-6-14(11-13)16-7-9-20-8-4-10-23(20,21)22/h3,5-6,11,16H,4,7-10H2,1-2H3. The van der Waals surface area contributed by atoms with Crippen LogP contribution in [-0.2, 0) is 17.1 Å². The Labute approximate surface area is 136 Å². The zero-order chi connectivity index (χ0) is 16.4. The number of anilines is 1. The summed E-state index contributed by atoms with van der Waals surface area (Å²) in [7, 11) is -1.09. The van der Waals surface area contributed by atoms with Gasteiger partial charge in [0.15, 0.2) is 5.82 Å². The number of rotatable bonds is 5. The molecule has 1 aliphatic rings. The molecule has 2 aromatic rings. The Kier molecular flexibility index (Phi) is 4.36. The predicted molar refractivity (Wildman–Crippen MR) is 89.6 cm³/mol. The van der Waals surface area contributed by atoms with Gasteiger partial charge in [-0.1, -0.05) is 12.1 Å². The predicted octanol–water partition coefficient (Wildman–Crippen LogP) is 1.24. The van der Waals surface area contributed by atoms with E-state index < -0.39 is 10.0 Å². The summed E-state index contributed by atoms with van der Waals surface area (Å²) in [5.74, 6) is 1.94. The molecule has 23 heavy (non-hydrogen) atoms. The molecule has 0 spiro atoms. The fourth-order valence-corrected chi connectivity index (χ4v) is 4.22. The third-order valence-corrected chi connectivity index (χ3v) is 6.06. The lowest BCUT2D eigenvalue weighted by molar-refractivity contribution is 0.456. The molecule has 124 valence electrons. The van der Waals surface area contributed by atoms with Gasteiger partial charge in [-0.15, -0.1) is 10.2 Å². The van der Waals surface area contributed by atoms with E-state index in [0.717, 1.165) is 29.3 Å². The van der Waals surface area contributed by atoms with Gasteiger partial charge in [-0.2, -0.15) is 0 Å². The number of aromatic nitrogens is 3. The number of nitrogens with zero attached hydrogens (tertiary/aromatic N) is 4. The van der Waals surface area contributed by atoms with Crippen LogP contribution in [0.5, 0.6) is 0 Å². The summed E-state index contributed by atoms with van der Waals surface area (Å²) < 4.78 is 27.0. The average Bonchev–Trinajstić information content (AvgIpc) is 3.03. The fraction of sp³-hybridized carbons (Fsp3) is 0.467. The molecule has 0 amide bonds. The first-order chi connectivity index (χ1) is 11.0. The third-order valence-electron chi connectivity index (χ3n) is 4.11. The van der Waals surface area contributed by atoms with Crippen molar-refractivity contribution in [2.24, 2.45) is 7.05 Å².